The normalized spacial score (nSPS) is 15.3. The molecule has 6 nitrogen and oxygen atoms in total. The van der Waals surface area contributed by atoms with Crippen LogP contribution in [-0.4, -0.2) is 33.7 Å². The first-order valence-electron chi connectivity index (χ1n) is 11.4. The minimum absolute atomic E-state index is 0.207. The fourth-order valence-corrected chi connectivity index (χ4v) is 5.90. The SMILES string of the molecule is CC[C@H](C(=O)N[C@H](CC)c1ccc2c(c1)CCCC2)N(c1cc(Cl)ccc1OC)S(C)(=O)=O. The summed E-state index contributed by atoms with van der Waals surface area (Å²) in [4.78, 5) is 13.5. The Hall–Kier alpha value is -2.25. The number of aryl methyl sites for hydroxylation is 2. The van der Waals surface area contributed by atoms with E-state index >= 15 is 0 Å². The van der Waals surface area contributed by atoms with Crippen molar-refractivity contribution in [2.45, 2.75) is 64.5 Å². The van der Waals surface area contributed by atoms with E-state index in [1.165, 1.54) is 37.1 Å². The van der Waals surface area contributed by atoms with E-state index in [1.54, 1.807) is 19.1 Å². The van der Waals surface area contributed by atoms with Gasteiger partial charge in [0.1, 0.15) is 11.8 Å². The predicted molar refractivity (Wildman–Crippen MR) is 134 cm³/mol. The molecule has 0 radical (unpaired) electrons. The van der Waals surface area contributed by atoms with Gasteiger partial charge in [-0.15, -0.1) is 0 Å². The van der Waals surface area contributed by atoms with E-state index in [0.717, 1.165) is 29.0 Å². The second kappa shape index (κ2) is 10.8. The molecule has 1 aliphatic rings. The van der Waals surface area contributed by atoms with Crippen molar-refractivity contribution in [2.24, 2.45) is 0 Å². The van der Waals surface area contributed by atoms with Gasteiger partial charge in [0.25, 0.3) is 0 Å². The third kappa shape index (κ3) is 5.82. The maximum absolute atomic E-state index is 13.5. The average Bonchev–Trinajstić information content (AvgIpc) is 2.79. The van der Waals surface area contributed by atoms with Crippen molar-refractivity contribution in [2.75, 3.05) is 17.7 Å². The molecule has 0 fully saturated rings. The highest BCUT2D eigenvalue weighted by Gasteiger charge is 2.34. The van der Waals surface area contributed by atoms with Crippen LogP contribution in [0, 0.1) is 0 Å². The van der Waals surface area contributed by atoms with Gasteiger partial charge in [-0.1, -0.05) is 43.6 Å². The molecule has 0 saturated heterocycles. The number of benzene rings is 2. The summed E-state index contributed by atoms with van der Waals surface area (Å²) < 4.78 is 32.2. The van der Waals surface area contributed by atoms with Gasteiger partial charge in [0.2, 0.25) is 15.9 Å². The number of sulfonamides is 1. The van der Waals surface area contributed by atoms with Gasteiger partial charge in [-0.25, -0.2) is 8.42 Å². The van der Waals surface area contributed by atoms with Crippen LogP contribution in [0.25, 0.3) is 0 Å². The Kier molecular flexibility index (Phi) is 8.29. The van der Waals surface area contributed by atoms with Gasteiger partial charge in [-0.05, 0) is 73.4 Å². The minimum atomic E-state index is -3.81. The molecule has 0 saturated carbocycles. The van der Waals surface area contributed by atoms with Crippen molar-refractivity contribution in [3.8, 4) is 5.75 Å². The van der Waals surface area contributed by atoms with Crippen molar-refractivity contribution in [3.63, 3.8) is 0 Å². The second-order valence-electron chi connectivity index (χ2n) is 8.50. The number of fused-ring (bicyclic) bond motifs is 1. The smallest absolute Gasteiger partial charge is 0.244 e. The van der Waals surface area contributed by atoms with Gasteiger partial charge >= 0.3 is 0 Å². The van der Waals surface area contributed by atoms with Crippen molar-refractivity contribution < 1.29 is 17.9 Å². The van der Waals surface area contributed by atoms with Gasteiger partial charge in [0.15, 0.2) is 0 Å². The highest BCUT2D eigenvalue weighted by atomic mass is 35.5. The highest BCUT2D eigenvalue weighted by molar-refractivity contribution is 7.92. The van der Waals surface area contributed by atoms with Gasteiger partial charge in [0.05, 0.1) is 25.1 Å². The number of rotatable bonds is 9. The Balaban J connectivity index is 1.93. The summed E-state index contributed by atoms with van der Waals surface area (Å²) in [6, 6.07) is 10.0. The molecule has 3 rings (SSSR count). The molecule has 0 bridgehead atoms. The van der Waals surface area contributed by atoms with Crippen LogP contribution in [-0.2, 0) is 27.7 Å². The zero-order valence-corrected chi connectivity index (χ0v) is 21.3. The van der Waals surface area contributed by atoms with Crippen LogP contribution in [0.5, 0.6) is 5.75 Å². The quantitative estimate of drug-likeness (QED) is 0.532. The average molecular weight is 493 g/mol. The third-order valence-electron chi connectivity index (χ3n) is 6.21. The lowest BCUT2D eigenvalue weighted by Gasteiger charge is -2.32. The second-order valence-corrected chi connectivity index (χ2v) is 10.8. The van der Waals surface area contributed by atoms with E-state index in [4.69, 9.17) is 16.3 Å². The Morgan fingerprint density at radius 3 is 2.39 bits per heavy atom. The van der Waals surface area contributed by atoms with E-state index in [1.807, 2.05) is 6.92 Å². The Morgan fingerprint density at radius 2 is 1.79 bits per heavy atom. The Labute approximate surface area is 202 Å². The number of nitrogens with one attached hydrogen (secondary N) is 1. The van der Waals surface area contributed by atoms with Crippen molar-refractivity contribution in [1.29, 1.82) is 0 Å². The van der Waals surface area contributed by atoms with Gasteiger partial charge in [-0.2, -0.15) is 0 Å². The number of hydrogen-bond donors (Lipinski definition) is 1. The summed E-state index contributed by atoms with van der Waals surface area (Å²) in [6.07, 6.45) is 6.62. The molecule has 1 amide bonds. The van der Waals surface area contributed by atoms with Crippen LogP contribution in [0.3, 0.4) is 0 Å². The predicted octanol–water partition coefficient (Wildman–Crippen LogP) is 5.04. The molecule has 2 atom stereocenters. The number of carbonyl (C=O) groups excluding carboxylic acids is 1. The molecular weight excluding hydrogens is 460 g/mol. The minimum Gasteiger partial charge on any atom is -0.495 e. The number of anilines is 1. The molecule has 180 valence electrons. The number of carbonyl (C=O) groups is 1. The monoisotopic (exact) mass is 492 g/mol. The van der Waals surface area contributed by atoms with Crippen molar-refractivity contribution in [3.05, 3.63) is 58.1 Å². The van der Waals surface area contributed by atoms with Crippen LogP contribution in [0.1, 0.15) is 62.3 Å². The molecule has 0 unspecified atom stereocenters. The van der Waals surface area contributed by atoms with E-state index in [9.17, 15) is 13.2 Å². The van der Waals surface area contributed by atoms with E-state index < -0.39 is 16.1 Å². The summed E-state index contributed by atoms with van der Waals surface area (Å²) in [5.74, 6) is -0.0210. The summed E-state index contributed by atoms with van der Waals surface area (Å²) in [7, 11) is -2.35. The molecule has 1 N–H and O–H groups in total. The standard InChI is InChI=1S/C25H33ClN2O4S/c1-5-21(19-12-11-17-9-7-8-10-18(17)15-19)27-25(29)22(6-2)28(33(4,30)31)23-16-20(26)13-14-24(23)32-3/h11-16,21-22H,5-10H2,1-4H3,(H,27,29)/t21-,22-/m1/s1. The van der Waals surface area contributed by atoms with E-state index in [0.29, 0.717) is 17.2 Å². The highest BCUT2D eigenvalue weighted by Crippen LogP contribution is 2.35. The topological polar surface area (TPSA) is 75.7 Å². The largest absolute Gasteiger partial charge is 0.495 e. The first-order chi connectivity index (χ1) is 15.7. The van der Waals surface area contributed by atoms with E-state index in [2.05, 4.69) is 23.5 Å². The number of methoxy groups -OCH3 is 1. The first-order valence-corrected chi connectivity index (χ1v) is 13.7. The molecule has 1 aliphatic carbocycles. The van der Waals surface area contributed by atoms with Gasteiger partial charge in [0, 0.05) is 5.02 Å². The molecule has 2 aromatic rings. The van der Waals surface area contributed by atoms with Crippen LogP contribution in [0.4, 0.5) is 5.69 Å². The van der Waals surface area contributed by atoms with E-state index in [-0.39, 0.29) is 24.1 Å². The number of nitrogens with zero attached hydrogens (tertiary/aromatic N) is 1. The molecule has 0 aliphatic heterocycles. The Bertz CT molecular complexity index is 1100. The molecule has 0 aromatic heterocycles. The van der Waals surface area contributed by atoms with Crippen molar-refractivity contribution in [1.82, 2.24) is 5.32 Å². The molecule has 2 aromatic carbocycles. The zero-order valence-electron chi connectivity index (χ0n) is 19.7. The number of halogens is 1. The molecule has 8 heteroatoms. The maximum atomic E-state index is 13.5. The lowest BCUT2D eigenvalue weighted by molar-refractivity contribution is -0.123. The number of hydrogen-bond acceptors (Lipinski definition) is 4. The first kappa shape index (κ1) is 25.4. The summed E-state index contributed by atoms with van der Waals surface area (Å²) in [5.41, 5.74) is 4.03. The summed E-state index contributed by atoms with van der Waals surface area (Å²) in [5, 5.41) is 3.45. The van der Waals surface area contributed by atoms with Crippen molar-refractivity contribution >= 4 is 33.2 Å². The van der Waals surface area contributed by atoms with Gasteiger partial charge < -0.3 is 10.1 Å². The van der Waals surface area contributed by atoms with Crippen LogP contribution >= 0.6 is 11.6 Å². The van der Waals surface area contributed by atoms with Crippen LogP contribution in [0.2, 0.25) is 5.02 Å². The maximum Gasteiger partial charge on any atom is 0.244 e. The number of ether oxygens (including phenoxy) is 1. The fraction of sp³-hybridized carbons (Fsp3) is 0.480. The van der Waals surface area contributed by atoms with Crippen LogP contribution in [0.15, 0.2) is 36.4 Å². The fourth-order valence-electron chi connectivity index (χ4n) is 4.53. The lowest BCUT2D eigenvalue weighted by Crippen LogP contribution is -2.50. The molecule has 33 heavy (non-hydrogen) atoms. The lowest BCUT2D eigenvalue weighted by atomic mass is 9.88. The zero-order chi connectivity index (χ0) is 24.2. The Morgan fingerprint density at radius 1 is 1.09 bits per heavy atom. The molecular formula is C25H33ClN2O4S. The molecule has 0 spiro atoms. The summed E-state index contributed by atoms with van der Waals surface area (Å²) >= 11 is 6.16. The number of amides is 1. The molecule has 0 heterocycles. The van der Waals surface area contributed by atoms with Crippen LogP contribution < -0.4 is 14.4 Å². The third-order valence-corrected chi connectivity index (χ3v) is 7.61. The van der Waals surface area contributed by atoms with Gasteiger partial charge in [-0.3, -0.25) is 9.10 Å². The summed E-state index contributed by atoms with van der Waals surface area (Å²) in [6.45, 7) is 3.80.